The van der Waals surface area contributed by atoms with Crippen molar-refractivity contribution in [1.82, 2.24) is 10.4 Å². The molecule has 1 unspecified atom stereocenters. The summed E-state index contributed by atoms with van der Waals surface area (Å²) < 4.78 is 9.84. The molecule has 0 bridgehead atoms. The van der Waals surface area contributed by atoms with Crippen LogP contribution < -0.4 is 5.32 Å². The Morgan fingerprint density at radius 3 is 2.62 bits per heavy atom. The van der Waals surface area contributed by atoms with Crippen LogP contribution >= 0.6 is 0 Å². The van der Waals surface area contributed by atoms with Gasteiger partial charge in [-0.05, 0) is 27.7 Å². The molecule has 0 saturated carbocycles. The number of esters is 1. The maximum Gasteiger partial charge on any atom is 0.528 e. The molecular weight excluding hydrogens is 280 g/mol. The summed E-state index contributed by atoms with van der Waals surface area (Å²) in [6, 6.07) is -0.912. The van der Waals surface area contributed by atoms with E-state index in [0.717, 1.165) is 5.06 Å². The predicted molar refractivity (Wildman–Crippen MR) is 72.1 cm³/mol. The molecule has 8 nitrogen and oxygen atoms in total. The van der Waals surface area contributed by atoms with Crippen molar-refractivity contribution in [1.29, 1.82) is 0 Å². The second-order valence-corrected chi connectivity index (χ2v) is 5.51. The highest BCUT2D eigenvalue weighted by Gasteiger charge is 2.35. The van der Waals surface area contributed by atoms with Gasteiger partial charge in [-0.2, -0.15) is 0 Å². The Morgan fingerprint density at radius 2 is 2.05 bits per heavy atom. The van der Waals surface area contributed by atoms with Gasteiger partial charge in [0.15, 0.2) is 0 Å². The molecule has 0 spiro atoms. The second kappa shape index (κ2) is 7.26. The Hall–Kier alpha value is -1.83. The number of carbonyl (C=O) groups is 3. The van der Waals surface area contributed by atoms with Gasteiger partial charge in [0.2, 0.25) is 5.91 Å². The maximum absolute atomic E-state index is 11.8. The molecule has 0 aromatic carbocycles. The maximum atomic E-state index is 11.8. The molecular formula is C13H22N2O6. The molecule has 1 aliphatic rings. The summed E-state index contributed by atoms with van der Waals surface area (Å²) in [5.74, 6) is -0.921. The SMILES string of the molecule is CCOC(=O)CC1C(=O)NCCN1OC(=O)OC(C)(C)C. The lowest BCUT2D eigenvalue weighted by molar-refractivity contribution is -0.186. The lowest BCUT2D eigenvalue weighted by Gasteiger charge is -2.32. The van der Waals surface area contributed by atoms with Crippen LogP contribution in [0, 0.1) is 0 Å². The summed E-state index contributed by atoms with van der Waals surface area (Å²) in [4.78, 5) is 40.0. The highest BCUT2D eigenvalue weighted by Crippen LogP contribution is 2.14. The fraction of sp³-hybridized carbons (Fsp3) is 0.769. The van der Waals surface area contributed by atoms with Gasteiger partial charge in [0.05, 0.1) is 19.6 Å². The molecule has 0 aromatic heterocycles. The predicted octanol–water partition coefficient (Wildman–Crippen LogP) is 0.607. The third kappa shape index (κ3) is 5.99. The van der Waals surface area contributed by atoms with E-state index in [-0.39, 0.29) is 19.6 Å². The van der Waals surface area contributed by atoms with Crippen LogP contribution in [-0.2, 0) is 23.9 Å². The van der Waals surface area contributed by atoms with Gasteiger partial charge in [0.1, 0.15) is 11.6 Å². The molecule has 21 heavy (non-hydrogen) atoms. The van der Waals surface area contributed by atoms with Crippen molar-refractivity contribution in [3.8, 4) is 0 Å². The average Bonchev–Trinajstić information content (AvgIpc) is 2.31. The van der Waals surface area contributed by atoms with Gasteiger partial charge in [-0.3, -0.25) is 9.59 Å². The lowest BCUT2D eigenvalue weighted by Crippen LogP contribution is -2.56. The number of nitrogens with one attached hydrogen (secondary N) is 1. The first-order chi connectivity index (χ1) is 9.73. The van der Waals surface area contributed by atoms with Crippen molar-refractivity contribution >= 4 is 18.0 Å². The number of carbonyl (C=O) groups excluding carboxylic acids is 3. The molecule has 120 valence electrons. The largest absolute Gasteiger partial charge is 0.528 e. The first-order valence-corrected chi connectivity index (χ1v) is 6.84. The van der Waals surface area contributed by atoms with Crippen LogP contribution in [0.15, 0.2) is 0 Å². The van der Waals surface area contributed by atoms with E-state index < -0.39 is 29.7 Å². The minimum atomic E-state index is -0.912. The lowest BCUT2D eigenvalue weighted by atomic mass is 10.1. The Balaban J connectivity index is 2.65. The molecule has 0 radical (unpaired) electrons. The summed E-state index contributed by atoms with van der Waals surface area (Å²) >= 11 is 0. The van der Waals surface area contributed by atoms with E-state index in [9.17, 15) is 14.4 Å². The van der Waals surface area contributed by atoms with Crippen LogP contribution in [0.4, 0.5) is 4.79 Å². The van der Waals surface area contributed by atoms with E-state index in [0.29, 0.717) is 6.54 Å². The average molecular weight is 302 g/mol. The molecule has 1 atom stereocenters. The molecule has 1 saturated heterocycles. The van der Waals surface area contributed by atoms with E-state index in [2.05, 4.69) is 5.32 Å². The van der Waals surface area contributed by atoms with Gasteiger partial charge in [0.25, 0.3) is 0 Å². The summed E-state index contributed by atoms with van der Waals surface area (Å²) in [5, 5.41) is 3.77. The fourth-order valence-corrected chi connectivity index (χ4v) is 1.74. The number of piperazine rings is 1. The topological polar surface area (TPSA) is 94.2 Å². The van der Waals surface area contributed by atoms with Gasteiger partial charge in [0, 0.05) is 6.54 Å². The molecule has 1 N–H and O–H groups in total. The van der Waals surface area contributed by atoms with Crippen molar-refractivity contribution in [3.63, 3.8) is 0 Å². The first-order valence-electron chi connectivity index (χ1n) is 6.84. The summed E-state index contributed by atoms with van der Waals surface area (Å²) in [6.07, 6.45) is -1.10. The van der Waals surface area contributed by atoms with Crippen LogP contribution in [-0.4, -0.2) is 54.4 Å². The first kappa shape index (κ1) is 17.2. The molecule has 0 aromatic rings. The number of rotatable bonds is 4. The molecule has 1 fully saturated rings. The number of nitrogens with zero attached hydrogens (tertiary/aromatic N) is 1. The minimum absolute atomic E-state index is 0.192. The molecule has 1 aliphatic heterocycles. The Morgan fingerprint density at radius 1 is 1.38 bits per heavy atom. The molecule has 1 rings (SSSR count). The van der Waals surface area contributed by atoms with Crippen LogP contribution in [0.3, 0.4) is 0 Å². The van der Waals surface area contributed by atoms with Crippen molar-refractivity contribution < 1.29 is 28.7 Å². The quantitative estimate of drug-likeness (QED) is 0.760. The standard InChI is InChI=1S/C13H22N2O6/c1-5-19-10(16)8-9-11(17)14-6-7-15(9)21-12(18)20-13(2,3)4/h9H,5-8H2,1-4H3,(H,14,17). The summed E-state index contributed by atoms with van der Waals surface area (Å²) in [7, 11) is 0. The molecule has 0 aliphatic carbocycles. The zero-order valence-electron chi connectivity index (χ0n) is 12.8. The Labute approximate surface area is 123 Å². The van der Waals surface area contributed by atoms with Crippen LogP contribution in [0.2, 0.25) is 0 Å². The number of hydroxylamine groups is 2. The van der Waals surface area contributed by atoms with Crippen molar-refractivity contribution in [2.24, 2.45) is 0 Å². The van der Waals surface area contributed by atoms with Gasteiger partial charge in [-0.15, -0.1) is 5.06 Å². The van der Waals surface area contributed by atoms with Crippen molar-refractivity contribution in [2.45, 2.75) is 45.8 Å². The van der Waals surface area contributed by atoms with Crippen molar-refractivity contribution in [3.05, 3.63) is 0 Å². The van der Waals surface area contributed by atoms with Crippen LogP contribution in [0.25, 0.3) is 0 Å². The number of hydrogen-bond acceptors (Lipinski definition) is 7. The summed E-state index contributed by atoms with van der Waals surface area (Å²) in [6.45, 7) is 7.59. The van der Waals surface area contributed by atoms with Gasteiger partial charge < -0.3 is 19.6 Å². The monoisotopic (exact) mass is 302 g/mol. The van der Waals surface area contributed by atoms with E-state index >= 15 is 0 Å². The van der Waals surface area contributed by atoms with Gasteiger partial charge in [-0.1, -0.05) is 0 Å². The van der Waals surface area contributed by atoms with Crippen LogP contribution in [0.5, 0.6) is 0 Å². The Kier molecular flexibility index (Phi) is 5.95. The minimum Gasteiger partial charge on any atom is -0.466 e. The third-order valence-corrected chi connectivity index (χ3v) is 2.53. The highest BCUT2D eigenvalue weighted by atomic mass is 16.8. The Bertz CT molecular complexity index is 404. The third-order valence-electron chi connectivity index (χ3n) is 2.53. The molecule has 1 amide bonds. The summed E-state index contributed by atoms with van der Waals surface area (Å²) in [5.41, 5.74) is -0.703. The molecule has 1 heterocycles. The van der Waals surface area contributed by atoms with E-state index in [1.807, 2.05) is 0 Å². The van der Waals surface area contributed by atoms with Crippen molar-refractivity contribution in [2.75, 3.05) is 19.7 Å². The highest BCUT2D eigenvalue weighted by molar-refractivity contribution is 5.87. The van der Waals surface area contributed by atoms with Crippen LogP contribution in [0.1, 0.15) is 34.1 Å². The smallest absolute Gasteiger partial charge is 0.466 e. The van der Waals surface area contributed by atoms with Gasteiger partial charge >= 0.3 is 12.1 Å². The normalized spacial score (nSPS) is 19.6. The number of hydrogen-bond donors (Lipinski definition) is 1. The number of amides is 1. The van der Waals surface area contributed by atoms with E-state index in [4.69, 9.17) is 14.3 Å². The fourth-order valence-electron chi connectivity index (χ4n) is 1.74. The van der Waals surface area contributed by atoms with Gasteiger partial charge in [-0.25, -0.2) is 4.79 Å². The molecule has 8 heteroatoms. The second-order valence-electron chi connectivity index (χ2n) is 5.51. The zero-order chi connectivity index (χ0) is 16.0. The number of ether oxygens (including phenoxy) is 2. The van der Waals surface area contributed by atoms with E-state index in [1.54, 1.807) is 27.7 Å². The van der Waals surface area contributed by atoms with E-state index in [1.165, 1.54) is 0 Å². The zero-order valence-corrected chi connectivity index (χ0v) is 12.8.